The predicted octanol–water partition coefficient (Wildman–Crippen LogP) is 3.35. The Kier molecular flexibility index (Phi) is 4.58. The van der Waals surface area contributed by atoms with Crippen LogP contribution in [0.25, 0.3) is 22.3 Å². The van der Waals surface area contributed by atoms with Gasteiger partial charge in [-0.3, -0.25) is 9.48 Å². The Morgan fingerprint density at radius 3 is 2.79 bits per heavy atom. The molecule has 1 aromatic carbocycles. The van der Waals surface area contributed by atoms with Gasteiger partial charge in [-0.1, -0.05) is 39.0 Å². The van der Waals surface area contributed by atoms with Gasteiger partial charge in [-0.2, -0.15) is 5.10 Å². The standard InChI is InChI=1S/C22H25N3O4/c1-5-13-7-6-8-14-19(13)23-25-11-18(22(2,3)12-29-4)24-10-15(21(27)28)17(26)9-16(24)20(14)25/h6-10,18H,5,11-12H2,1-4H3,(H,27,28). The number of rotatable bonds is 5. The van der Waals surface area contributed by atoms with E-state index in [0.717, 1.165) is 28.6 Å². The minimum Gasteiger partial charge on any atom is -0.477 e. The lowest BCUT2D eigenvalue weighted by Crippen LogP contribution is -2.39. The van der Waals surface area contributed by atoms with Crippen LogP contribution >= 0.6 is 0 Å². The van der Waals surface area contributed by atoms with Crippen LogP contribution in [0.4, 0.5) is 0 Å². The second-order valence-corrected chi connectivity index (χ2v) is 8.28. The van der Waals surface area contributed by atoms with Gasteiger partial charge in [-0.05, 0) is 12.0 Å². The molecule has 7 nitrogen and oxygen atoms in total. The molecule has 1 atom stereocenters. The molecular weight excluding hydrogens is 370 g/mol. The van der Waals surface area contributed by atoms with Crippen molar-refractivity contribution < 1.29 is 14.6 Å². The molecule has 1 unspecified atom stereocenters. The van der Waals surface area contributed by atoms with Gasteiger partial charge in [0.1, 0.15) is 5.56 Å². The van der Waals surface area contributed by atoms with Crippen LogP contribution in [0, 0.1) is 5.41 Å². The fourth-order valence-electron chi connectivity index (χ4n) is 4.40. The lowest BCUT2D eigenvalue weighted by Gasteiger charge is -2.40. The summed E-state index contributed by atoms with van der Waals surface area (Å²) in [5.41, 5.74) is 2.59. The van der Waals surface area contributed by atoms with Crippen molar-refractivity contribution in [2.24, 2.45) is 5.41 Å². The summed E-state index contributed by atoms with van der Waals surface area (Å²) in [6.45, 7) is 7.31. The molecule has 4 rings (SSSR count). The SMILES string of the molecule is CCc1cccc2c3n(nc12)CC(C(C)(C)COC)n1cc(C(=O)O)c(=O)cc1-3. The highest BCUT2D eigenvalue weighted by Gasteiger charge is 2.38. The van der Waals surface area contributed by atoms with E-state index in [1.165, 1.54) is 12.3 Å². The van der Waals surface area contributed by atoms with E-state index in [9.17, 15) is 14.7 Å². The second kappa shape index (κ2) is 6.84. The molecule has 0 bridgehead atoms. The molecule has 29 heavy (non-hydrogen) atoms. The minimum atomic E-state index is -1.22. The molecule has 2 aromatic heterocycles. The van der Waals surface area contributed by atoms with Gasteiger partial charge in [0.2, 0.25) is 0 Å². The van der Waals surface area contributed by atoms with Crippen LogP contribution < -0.4 is 5.43 Å². The van der Waals surface area contributed by atoms with Gasteiger partial charge in [-0.25, -0.2) is 4.79 Å². The Morgan fingerprint density at radius 2 is 2.14 bits per heavy atom. The predicted molar refractivity (Wildman–Crippen MR) is 110 cm³/mol. The maximum atomic E-state index is 12.6. The monoisotopic (exact) mass is 395 g/mol. The van der Waals surface area contributed by atoms with E-state index in [0.29, 0.717) is 18.8 Å². The summed E-state index contributed by atoms with van der Waals surface area (Å²) in [5.74, 6) is -1.22. The highest BCUT2D eigenvalue weighted by atomic mass is 16.5. The normalized spacial score (nSPS) is 15.9. The van der Waals surface area contributed by atoms with Gasteiger partial charge < -0.3 is 14.4 Å². The molecule has 0 fully saturated rings. The lowest BCUT2D eigenvalue weighted by atomic mass is 9.83. The summed E-state index contributed by atoms with van der Waals surface area (Å²) in [4.78, 5) is 24.2. The number of nitrogens with zero attached hydrogens (tertiary/aromatic N) is 3. The minimum absolute atomic E-state index is 0.122. The Labute approximate surface area is 168 Å². The van der Waals surface area contributed by atoms with Crippen LogP contribution in [0.15, 0.2) is 35.3 Å². The van der Waals surface area contributed by atoms with Crippen LogP contribution in [0.2, 0.25) is 0 Å². The van der Waals surface area contributed by atoms with Gasteiger partial charge in [0, 0.05) is 30.2 Å². The number of ether oxygens (including phenoxy) is 1. The highest BCUT2D eigenvalue weighted by Crippen LogP contribution is 2.42. The molecule has 0 spiro atoms. The maximum Gasteiger partial charge on any atom is 0.341 e. The highest BCUT2D eigenvalue weighted by molar-refractivity contribution is 5.95. The van der Waals surface area contributed by atoms with E-state index in [4.69, 9.17) is 9.84 Å². The number of carboxylic acids is 1. The third-order valence-corrected chi connectivity index (χ3v) is 5.89. The lowest BCUT2D eigenvalue weighted by molar-refractivity contribution is 0.0530. The summed E-state index contributed by atoms with van der Waals surface area (Å²) < 4.78 is 9.33. The number of aromatic carboxylic acids is 1. The van der Waals surface area contributed by atoms with Crippen molar-refractivity contribution in [1.82, 2.24) is 14.3 Å². The average molecular weight is 395 g/mol. The molecule has 152 valence electrons. The zero-order valence-corrected chi connectivity index (χ0v) is 17.1. The van der Waals surface area contributed by atoms with Crippen molar-refractivity contribution >= 4 is 16.9 Å². The zero-order chi connectivity index (χ0) is 20.9. The molecule has 0 aliphatic carbocycles. The summed E-state index contributed by atoms with van der Waals surface area (Å²) in [6, 6.07) is 7.38. The summed E-state index contributed by atoms with van der Waals surface area (Å²) in [7, 11) is 1.65. The number of pyridine rings is 1. The summed E-state index contributed by atoms with van der Waals surface area (Å²) in [5, 5.41) is 15.4. The third-order valence-electron chi connectivity index (χ3n) is 5.89. The molecule has 1 aliphatic rings. The molecule has 7 heteroatoms. The van der Waals surface area contributed by atoms with Crippen molar-refractivity contribution in [3.8, 4) is 11.4 Å². The van der Waals surface area contributed by atoms with Crippen LogP contribution in [-0.2, 0) is 17.7 Å². The summed E-state index contributed by atoms with van der Waals surface area (Å²) >= 11 is 0. The number of fused-ring (bicyclic) bond motifs is 5. The number of carbonyl (C=O) groups is 1. The first-order valence-electron chi connectivity index (χ1n) is 9.75. The van der Waals surface area contributed by atoms with Gasteiger partial charge >= 0.3 is 5.97 Å². The Hall–Kier alpha value is -2.93. The second-order valence-electron chi connectivity index (χ2n) is 8.28. The van der Waals surface area contributed by atoms with E-state index in [-0.39, 0.29) is 17.0 Å². The van der Waals surface area contributed by atoms with Gasteiger partial charge in [0.15, 0.2) is 5.43 Å². The first kappa shape index (κ1) is 19.4. The summed E-state index contributed by atoms with van der Waals surface area (Å²) in [6.07, 6.45) is 2.34. The topological polar surface area (TPSA) is 86.3 Å². The van der Waals surface area contributed by atoms with Crippen LogP contribution in [-0.4, -0.2) is 39.1 Å². The molecule has 0 saturated carbocycles. The van der Waals surface area contributed by atoms with E-state index >= 15 is 0 Å². The van der Waals surface area contributed by atoms with Crippen LogP contribution in [0.1, 0.15) is 42.7 Å². The molecule has 3 heterocycles. The quantitative estimate of drug-likeness (QED) is 0.716. The van der Waals surface area contributed by atoms with E-state index in [1.54, 1.807) is 7.11 Å². The van der Waals surface area contributed by atoms with Crippen molar-refractivity contribution in [2.45, 2.75) is 39.8 Å². The molecular formula is C22H25N3O4. The van der Waals surface area contributed by atoms with Crippen LogP contribution in [0.5, 0.6) is 0 Å². The first-order valence-corrected chi connectivity index (χ1v) is 9.75. The maximum absolute atomic E-state index is 12.6. The average Bonchev–Trinajstić information content (AvgIpc) is 3.05. The number of methoxy groups -OCH3 is 1. The zero-order valence-electron chi connectivity index (χ0n) is 17.1. The van der Waals surface area contributed by atoms with E-state index < -0.39 is 11.4 Å². The Bertz CT molecular complexity index is 1170. The van der Waals surface area contributed by atoms with E-state index in [2.05, 4.69) is 26.8 Å². The Balaban J connectivity index is 2.05. The molecule has 1 aliphatic heterocycles. The van der Waals surface area contributed by atoms with Crippen molar-refractivity contribution in [3.63, 3.8) is 0 Å². The van der Waals surface area contributed by atoms with Gasteiger partial charge in [0.25, 0.3) is 0 Å². The largest absolute Gasteiger partial charge is 0.477 e. The van der Waals surface area contributed by atoms with Crippen molar-refractivity contribution in [3.05, 3.63) is 51.8 Å². The molecule has 0 radical (unpaired) electrons. The van der Waals surface area contributed by atoms with Gasteiger partial charge in [-0.15, -0.1) is 0 Å². The van der Waals surface area contributed by atoms with Crippen molar-refractivity contribution in [2.75, 3.05) is 13.7 Å². The number of carboxylic acid groups (broad SMARTS) is 1. The smallest absolute Gasteiger partial charge is 0.341 e. The molecule has 0 saturated heterocycles. The fraction of sp³-hybridized carbons (Fsp3) is 0.409. The van der Waals surface area contributed by atoms with Crippen molar-refractivity contribution in [1.29, 1.82) is 0 Å². The number of aryl methyl sites for hydroxylation is 1. The third kappa shape index (κ3) is 2.97. The first-order chi connectivity index (χ1) is 13.8. The fourth-order valence-corrected chi connectivity index (χ4v) is 4.40. The molecule has 1 N–H and O–H groups in total. The number of hydrogen-bond donors (Lipinski definition) is 1. The van der Waals surface area contributed by atoms with Crippen LogP contribution in [0.3, 0.4) is 0 Å². The number of hydrogen-bond acceptors (Lipinski definition) is 4. The number of aromatic nitrogens is 3. The molecule has 3 aromatic rings. The van der Waals surface area contributed by atoms with Gasteiger partial charge in [0.05, 0.1) is 36.1 Å². The van der Waals surface area contributed by atoms with E-state index in [1.807, 2.05) is 21.4 Å². The number of benzene rings is 1. The molecule has 0 amide bonds. The Morgan fingerprint density at radius 1 is 1.38 bits per heavy atom.